The molecule has 0 saturated carbocycles. The molecule has 0 saturated heterocycles. The molecule has 0 aliphatic rings. The van der Waals surface area contributed by atoms with Crippen LogP contribution in [0.3, 0.4) is 0 Å². The number of benzene rings is 1. The molecule has 88 valence electrons. The number of carbonyl (C=O) groups is 1. The van der Waals surface area contributed by atoms with Gasteiger partial charge in [0.25, 0.3) is 0 Å². The van der Waals surface area contributed by atoms with Crippen molar-refractivity contribution in [1.29, 1.82) is 0 Å². The van der Waals surface area contributed by atoms with Gasteiger partial charge in [-0.15, -0.1) is 0 Å². The minimum Gasteiger partial charge on any atom is -0.395 e. The van der Waals surface area contributed by atoms with Crippen molar-refractivity contribution in [2.45, 2.75) is 12.8 Å². The first-order chi connectivity index (χ1) is 7.74. The number of carbonyl (C=O) groups excluding carboxylic acids is 1. The summed E-state index contributed by atoms with van der Waals surface area (Å²) in [6.45, 7) is 1.68. The Morgan fingerprint density at radius 1 is 1.25 bits per heavy atom. The predicted molar refractivity (Wildman–Crippen MR) is 64.6 cm³/mol. The van der Waals surface area contributed by atoms with Crippen molar-refractivity contribution < 1.29 is 9.90 Å². The molecule has 0 unspecified atom stereocenters. The first kappa shape index (κ1) is 12.9. The van der Waals surface area contributed by atoms with Crippen molar-refractivity contribution in [3.8, 4) is 0 Å². The second kappa shape index (κ2) is 7.14. The summed E-state index contributed by atoms with van der Waals surface area (Å²) in [7, 11) is 1.95. The van der Waals surface area contributed by atoms with E-state index in [-0.39, 0.29) is 12.4 Å². The van der Waals surface area contributed by atoms with Crippen molar-refractivity contribution >= 4 is 5.78 Å². The summed E-state index contributed by atoms with van der Waals surface area (Å²) < 4.78 is 0. The first-order valence-electron chi connectivity index (χ1n) is 5.61. The third-order valence-corrected chi connectivity index (χ3v) is 2.52. The number of aliphatic hydroxyl groups is 1. The van der Waals surface area contributed by atoms with Gasteiger partial charge >= 0.3 is 0 Å². The molecular weight excluding hydrogens is 202 g/mol. The highest BCUT2D eigenvalue weighted by Crippen LogP contribution is 2.05. The number of hydrogen-bond donors (Lipinski definition) is 1. The monoisotopic (exact) mass is 221 g/mol. The van der Waals surface area contributed by atoms with Gasteiger partial charge in [-0.3, -0.25) is 4.79 Å². The lowest BCUT2D eigenvalue weighted by Crippen LogP contribution is -2.23. The SMILES string of the molecule is CN(CCO)CCCC(=O)c1ccccc1. The molecule has 0 amide bonds. The number of likely N-dealkylation sites (N-methyl/N-ethyl adjacent to an activating group) is 1. The minimum atomic E-state index is 0.170. The summed E-state index contributed by atoms with van der Waals surface area (Å²) in [4.78, 5) is 13.7. The lowest BCUT2D eigenvalue weighted by Gasteiger charge is -2.14. The number of rotatable bonds is 7. The summed E-state index contributed by atoms with van der Waals surface area (Å²) in [5.41, 5.74) is 0.785. The van der Waals surface area contributed by atoms with E-state index < -0.39 is 0 Å². The van der Waals surface area contributed by atoms with E-state index in [0.717, 1.165) is 18.5 Å². The van der Waals surface area contributed by atoms with Gasteiger partial charge in [-0.2, -0.15) is 0 Å². The van der Waals surface area contributed by atoms with Gasteiger partial charge in [-0.05, 0) is 20.0 Å². The molecule has 0 spiro atoms. The van der Waals surface area contributed by atoms with Gasteiger partial charge in [-0.25, -0.2) is 0 Å². The molecule has 0 fully saturated rings. The molecule has 16 heavy (non-hydrogen) atoms. The molecule has 3 heteroatoms. The molecule has 0 heterocycles. The Bertz CT molecular complexity index is 311. The molecule has 0 atom stereocenters. The third kappa shape index (κ3) is 4.55. The highest BCUT2D eigenvalue weighted by Gasteiger charge is 2.05. The normalized spacial score (nSPS) is 10.7. The Morgan fingerprint density at radius 2 is 1.94 bits per heavy atom. The van der Waals surface area contributed by atoms with Gasteiger partial charge < -0.3 is 10.0 Å². The fourth-order valence-electron chi connectivity index (χ4n) is 1.56. The summed E-state index contributed by atoms with van der Waals surface area (Å²) in [5, 5.41) is 8.71. The summed E-state index contributed by atoms with van der Waals surface area (Å²) >= 11 is 0. The maximum Gasteiger partial charge on any atom is 0.162 e. The Morgan fingerprint density at radius 3 is 2.56 bits per heavy atom. The van der Waals surface area contributed by atoms with Crippen LogP contribution < -0.4 is 0 Å². The van der Waals surface area contributed by atoms with E-state index in [4.69, 9.17) is 5.11 Å². The maximum absolute atomic E-state index is 11.7. The maximum atomic E-state index is 11.7. The van der Waals surface area contributed by atoms with Crippen LogP contribution in [0, 0.1) is 0 Å². The van der Waals surface area contributed by atoms with Crippen molar-refractivity contribution in [2.24, 2.45) is 0 Å². The fraction of sp³-hybridized carbons (Fsp3) is 0.462. The smallest absolute Gasteiger partial charge is 0.162 e. The molecule has 1 aromatic rings. The molecule has 0 aromatic heterocycles. The molecule has 3 nitrogen and oxygen atoms in total. The van der Waals surface area contributed by atoms with E-state index in [9.17, 15) is 4.79 Å². The van der Waals surface area contributed by atoms with Crippen LogP contribution in [0.25, 0.3) is 0 Å². The van der Waals surface area contributed by atoms with E-state index in [1.165, 1.54) is 0 Å². The van der Waals surface area contributed by atoms with Crippen LogP contribution in [0.1, 0.15) is 23.2 Å². The highest BCUT2D eigenvalue weighted by molar-refractivity contribution is 5.95. The van der Waals surface area contributed by atoms with Gasteiger partial charge in [0.2, 0.25) is 0 Å². The van der Waals surface area contributed by atoms with Crippen LogP contribution in [0.4, 0.5) is 0 Å². The quantitative estimate of drug-likeness (QED) is 0.711. The molecule has 1 aromatic carbocycles. The number of ketones is 1. The zero-order chi connectivity index (χ0) is 11.8. The predicted octanol–water partition coefficient (Wildman–Crippen LogP) is 1.57. The Kier molecular flexibility index (Phi) is 5.75. The average molecular weight is 221 g/mol. The lowest BCUT2D eigenvalue weighted by atomic mass is 10.1. The molecule has 0 aliphatic carbocycles. The molecular formula is C13H19NO2. The average Bonchev–Trinajstić information content (AvgIpc) is 2.30. The first-order valence-corrected chi connectivity index (χ1v) is 5.61. The number of nitrogens with zero attached hydrogens (tertiary/aromatic N) is 1. The van der Waals surface area contributed by atoms with Crippen molar-refractivity contribution in [2.75, 3.05) is 26.7 Å². The summed E-state index contributed by atoms with van der Waals surface area (Å²) in [6, 6.07) is 9.36. The standard InChI is InChI=1S/C13H19NO2/c1-14(10-11-15)9-5-8-13(16)12-6-3-2-4-7-12/h2-4,6-7,15H,5,8-11H2,1H3. The van der Waals surface area contributed by atoms with Gasteiger partial charge in [0.05, 0.1) is 6.61 Å². The summed E-state index contributed by atoms with van der Waals surface area (Å²) in [6.07, 6.45) is 1.41. The Balaban J connectivity index is 2.26. The zero-order valence-corrected chi connectivity index (χ0v) is 9.72. The third-order valence-electron chi connectivity index (χ3n) is 2.52. The van der Waals surface area contributed by atoms with E-state index in [0.29, 0.717) is 13.0 Å². The number of Topliss-reactive ketones (excluding diaryl/α,β-unsaturated/α-hetero) is 1. The van der Waals surface area contributed by atoms with E-state index >= 15 is 0 Å². The molecule has 0 radical (unpaired) electrons. The number of aliphatic hydroxyl groups excluding tert-OH is 1. The van der Waals surface area contributed by atoms with Crippen LogP contribution in [-0.4, -0.2) is 42.5 Å². The lowest BCUT2D eigenvalue weighted by molar-refractivity contribution is 0.0975. The number of hydrogen-bond acceptors (Lipinski definition) is 3. The molecule has 0 bridgehead atoms. The Labute approximate surface area is 96.7 Å². The fourth-order valence-corrected chi connectivity index (χ4v) is 1.56. The van der Waals surface area contributed by atoms with E-state index in [1.54, 1.807) is 0 Å². The van der Waals surface area contributed by atoms with Crippen molar-refractivity contribution in [1.82, 2.24) is 4.90 Å². The molecule has 0 aliphatic heterocycles. The van der Waals surface area contributed by atoms with Crippen molar-refractivity contribution in [3.05, 3.63) is 35.9 Å². The van der Waals surface area contributed by atoms with E-state index in [2.05, 4.69) is 0 Å². The van der Waals surface area contributed by atoms with Crippen LogP contribution in [0.15, 0.2) is 30.3 Å². The van der Waals surface area contributed by atoms with Crippen LogP contribution in [0.5, 0.6) is 0 Å². The second-order valence-corrected chi connectivity index (χ2v) is 3.92. The van der Waals surface area contributed by atoms with Crippen LogP contribution in [-0.2, 0) is 0 Å². The molecule has 1 rings (SSSR count). The minimum absolute atomic E-state index is 0.170. The van der Waals surface area contributed by atoms with Gasteiger partial charge in [0, 0.05) is 18.5 Å². The topological polar surface area (TPSA) is 40.5 Å². The summed E-state index contributed by atoms with van der Waals surface area (Å²) in [5.74, 6) is 0.193. The van der Waals surface area contributed by atoms with Crippen molar-refractivity contribution in [3.63, 3.8) is 0 Å². The van der Waals surface area contributed by atoms with Gasteiger partial charge in [-0.1, -0.05) is 30.3 Å². The van der Waals surface area contributed by atoms with Gasteiger partial charge in [0.15, 0.2) is 5.78 Å². The van der Waals surface area contributed by atoms with Crippen LogP contribution >= 0.6 is 0 Å². The highest BCUT2D eigenvalue weighted by atomic mass is 16.3. The second-order valence-electron chi connectivity index (χ2n) is 3.92. The van der Waals surface area contributed by atoms with E-state index in [1.807, 2.05) is 42.3 Å². The molecule has 1 N–H and O–H groups in total. The Hall–Kier alpha value is -1.19. The largest absolute Gasteiger partial charge is 0.395 e. The van der Waals surface area contributed by atoms with Gasteiger partial charge in [0.1, 0.15) is 0 Å². The zero-order valence-electron chi connectivity index (χ0n) is 9.72. The van der Waals surface area contributed by atoms with Crippen LogP contribution in [0.2, 0.25) is 0 Å².